The van der Waals surface area contributed by atoms with Crippen LogP contribution in [0.5, 0.6) is 17.2 Å². The molecule has 296 valence electrons. The fourth-order valence-electron chi connectivity index (χ4n) is 9.18. The molecule has 0 saturated heterocycles. The van der Waals surface area contributed by atoms with Crippen LogP contribution < -0.4 is 24.8 Å². The first-order chi connectivity index (χ1) is 29.5. The summed E-state index contributed by atoms with van der Waals surface area (Å²) in [7, 11) is 5.15. The second kappa shape index (κ2) is 16.6. The summed E-state index contributed by atoms with van der Waals surface area (Å²) in [4.78, 5) is 0. The van der Waals surface area contributed by atoms with Crippen molar-refractivity contribution in [1.82, 2.24) is 0 Å². The van der Waals surface area contributed by atoms with Crippen molar-refractivity contribution in [3.63, 3.8) is 0 Å². The van der Waals surface area contributed by atoms with Crippen LogP contribution >= 0.6 is 0 Å². The van der Waals surface area contributed by atoms with Crippen LogP contribution in [0.4, 0.5) is 11.4 Å². The van der Waals surface area contributed by atoms with Crippen molar-refractivity contribution in [3.8, 4) is 17.2 Å². The number of anilines is 2. The van der Waals surface area contributed by atoms with E-state index in [0.717, 1.165) is 67.3 Å². The van der Waals surface area contributed by atoms with Crippen LogP contribution in [0.25, 0.3) is 22.2 Å². The second-order valence-electron chi connectivity index (χ2n) is 15.3. The summed E-state index contributed by atoms with van der Waals surface area (Å²) in [6, 6.07) is 62.2. The Morgan fingerprint density at radius 3 is 1.08 bits per heavy atom. The molecule has 0 bridgehead atoms. The minimum Gasteiger partial charge on any atom is -0.492 e. The molecule has 0 aromatic heterocycles. The molecule has 8 aromatic carbocycles. The van der Waals surface area contributed by atoms with Crippen LogP contribution in [0.1, 0.15) is 67.5 Å². The highest BCUT2D eigenvalue weighted by molar-refractivity contribution is 6.18. The lowest BCUT2D eigenvalue weighted by Gasteiger charge is -2.33. The average molecular weight is 785 g/mol. The highest BCUT2D eigenvalue weighted by atomic mass is 16.5. The SMILES string of the molecule is COc1c(OC)c(C(c2ccccc2)c2ccccc2)c(NC2=C(Nc3c(C)cccc3C)c3cccc4cccc2c34)c(C(c2ccccc2)c2ccccc2)c1OC. The van der Waals surface area contributed by atoms with Crippen LogP contribution in [0.3, 0.4) is 0 Å². The van der Waals surface area contributed by atoms with Crippen LogP contribution in [0.15, 0.2) is 176 Å². The van der Waals surface area contributed by atoms with Gasteiger partial charge in [0, 0.05) is 45.2 Å². The zero-order chi connectivity index (χ0) is 41.2. The van der Waals surface area contributed by atoms with Gasteiger partial charge in [-0.1, -0.05) is 176 Å². The zero-order valence-corrected chi connectivity index (χ0v) is 34.6. The van der Waals surface area contributed by atoms with E-state index in [-0.39, 0.29) is 11.8 Å². The highest BCUT2D eigenvalue weighted by Gasteiger charge is 2.38. The first-order valence-electron chi connectivity index (χ1n) is 20.4. The van der Waals surface area contributed by atoms with E-state index in [1.807, 2.05) is 0 Å². The topological polar surface area (TPSA) is 51.8 Å². The molecule has 5 heteroatoms. The summed E-state index contributed by atoms with van der Waals surface area (Å²) >= 11 is 0. The van der Waals surface area contributed by atoms with E-state index in [0.29, 0.717) is 17.2 Å². The summed E-state index contributed by atoms with van der Waals surface area (Å²) in [5, 5.41) is 10.6. The van der Waals surface area contributed by atoms with Gasteiger partial charge in [0.2, 0.25) is 5.75 Å². The number of methoxy groups -OCH3 is 3. The number of hydrogen-bond acceptors (Lipinski definition) is 5. The van der Waals surface area contributed by atoms with Gasteiger partial charge >= 0.3 is 0 Å². The van der Waals surface area contributed by atoms with Gasteiger partial charge in [0.1, 0.15) is 0 Å². The Balaban J connectivity index is 1.45. The molecule has 0 unspecified atom stereocenters. The van der Waals surface area contributed by atoms with Gasteiger partial charge < -0.3 is 24.8 Å². The lowest BCUT2D eigenvalue weighted by atomic mass is 9.77. The maximum atomic E-state index is 6.58. The van der Waals surface area contributed by atoms with Crippen molar-refractivity contribution < 1.29 is 14.2 Å². The van der Waals surface area contributed by atoms with E-state index in [1.54, 1.807) is 21.3 Å². The number of ether oxygens (including phenoxy) is 3. The molecule has 0 radical (unpaired) electrons. The van der Waals surface area contributed by atoms with E-state index < -0.39 is 0 Å². The summed E-state index contributed by atoms with van der Waals surface area (Å²) in [5.41, 5.74) is 14.8. The molecule has 1 aliphatic carbocycles. The highest BCUT2D eigenvalue weighted by Crippen LogP contribution is 2.58. The number of nitrogens with one attached hydrogen (secondary N) is 2. The molecule has 0 spiro atoms. The van der Waals surface area contributed by atoms with Gasteiger partial charge in [0.15, 0.2) is 11.5 Å². The first kappa shape index (κ1) is 38.3. The fraction of sp³-hybridized carbons (Fsp3) is 0.127. The third kappa shape index (κ3) is 6.72. The van der Waals surface area contributed by atoms with Crippen LogP contribution in [-0.2, 0) is 0 Å². The Bertz CT molecular complexity index is 2620. The Kier molecular flexibility index (Phi) is 10.6. The van der Waals surface area contributed by atoms with Crippen molar-refractivity contribution in [1.29, 1.82) is 0 Å². The molecule has 60 heavy (non-hydrogen) atoms. The Morgan fingerprint density at radius 2 is 0.717 bits per heavy atom. The van der Waals surface area contributed by atoms with Crippen LogP contribution in [0.2, 0.25) is 0 Å². The minimum atomic E-state index is -0.286. The zero-order valence-electron chi connectivity index (χ0n) is 34.6. The quantitative estimate of drug-likeness (QED) is 0.114. The molecule has 0 saturated carbocycles. The maximum absolute atomic E-state index is 6.58. The molecule has 0 amide bonds. The Morgan fingerprint density at radius 1 is 0.367 bits per heavy atom. The molecule has 9 rings (SSSR count). The fourth-order valence-corrected chi connectivity index (χ4v) is 9.18. The van der Waals surface area contributed by atoms with Crippen molar-refractivity contribution in [2.24, 2.45) is 0 Å². The van der Waals surface area contributed by atoms with Crippen LogP contribution in [-0.4, -0.2) is 21.3 Å². The lowest BCUT2D eigenvalue weighted by molar-refractivity contribution is 0.320. The van der Waals surface area contributed by atoms with Crippen molar-refractivity contribution in [2.75, 3.05) is 32.0 Å². The maximum Gasteiger partial charge on any atom is 0.204 e. The molecule has 0 aliphatic heterocycles. The number of aryl methyl sites for hydroxylation is 2. The lowest BCUT2D eigenvalue weighted by Crippen LogP contribution is -2.18. The Hall–Kier alpha value is -7.24. The normalized spacial score (nSPS) is 12.0. The van der Waals surface area contributed by atoms with E-state index >= 15 is 0 Å². The third-order valence-corrected chi connectivity index (χ3v) is 11.8. The minimum absolute atomic E-state index is 0.286. The van der Waals surface area contributed by atoms with E-state index in [1.165, 1.54) is 21.9 Å². The number of rotatable bonds is 13. The number of para-hydroxylation sites is 1. The molecule has 2 N–H and O–H groups in total. The van der Waals surface area contributed by atoms with Gasteiger partial charge in [0.25, 0.3) is 0 Å². The molecule has 8 aromatic rings. The van der Waals surface area contributed by atoms with Crippen molar-refractivity contribution in [3.05, 3.63) is 232 Å². The molecular weight excluding hydrogens is 737 g/mol. The standard InChI is InChI=1S/C55H48N2O3/c1-35-21-18-22-36(2)49(35)56-50-42-33-19-31-41-32-20-34-43(46(41)42)51(50)57-52-47(44(37-23-10-6-11-24-37)38-25-12-7-13-26-38)53(58-3)55(60-5)54(59-4)48(52)45(39-27-14-8-15-28-39)40-29-16-9-17-30-40/h6-34,44-45,56-57H,1-5H3. The van der Waals surface area contributed by atoms with Crippen molar-refractivity contribution >= 4 is 33.5 Å². The van der Waals surface area contributed by atoms with Gasteiger partial charge in [-0.3, -0.25) is 0 Å². The third-order valence-electron chi connectivity index (χ3n) is 11.8. The van der Waals surface area contributed by atoms with Crippen molar-refractivity contribution in [2.45, 2.75) is 25.7 Å². The van der Waals surface area contributed by atoms with Gasteiger partial charge in [0.05, 0.1) is 38.4 Å². The molecule has 0 atom stereocenters. The summed E-state index contributed by atoms with van der Waals surface area (Å²) in [5.74, 6) is 1.15. The summed E-state index contributed by atoms with van der Waals surface area (Å²) in [6.45, 7) is 4.32. The van der Waals surface area contributed by atoms with E-state index in [4.69, 9.17) is 14.2 Å². The molecule has 0 fully saturated rings. The predicted molar refractivity (Wildman–Crippen MR) is 248 cm³/mol. The predicted octanol–water partition coefficient (Wildman–Crippen LogP) is 13.2. The number of benzene rings is 8. The Labute approximate surface area is 352 Å². The smallest absolute Gasteiger partial charge is 0.204 e. The summed E-state index contributed by atoms with van der Waals surface area (Å²) in [6.07, 6.45) is 0. The molecular formula is C55H48N2O3. The number of hydrogen-bond donors (Lipinski definition) is 2. The van der Waals surface area contributed by atoms with Crippen LogP contribution in [0, 0.1) is 13.8 Å². The van der Waals surface area contributed by atoms with Gasteiger partial charge in [-0.2, -0.15) is 0 Å². The first-order valence-corrected chi connectivity index (χ1v) is 20.4. The molecule has 1 aliphatic rings. The second-order valence-corrected chi connectivity index (χ2v) is 15.3. The average Bonchev–Trinajstić information content (AvgIpc) is 3.59. The van der Waals surface area contributed by atoms with Gasteiger partial charge in [-0.15, -0.1) is 0 Å². The largest absolute Gasteiger partial charge is 0.492 e. The summed E-state index contributed by atoms with van der Waals surface area (Å²) < 4.78 is 19.6. The molecule has 5 nitrogen and oxygen atoms in total. The van der Waals surface area contributed by atoms with Gasteiger partial charge in [-0.25, -0.2) is 0 Å². The molecule has 0 heterocycles. The van der Waals surface area contributed by atoms with Gasteiger partial charge in [-0.05, 0) is 52.6 Å². The van der Waals surface area contributed by atoms with E-state index in [2.05, 4.69) is 200 Å². The van der Waals surface area contributed by atoms with E-state index in [9.17, 15) is 0 Å². The monoisotopic (exact) mass is 784 g/mol.